The van der Waals surface area contributed by atoms with Crippen LogP contribution < -0.4 is 10.6 Å². The summed E-state index contributed by atoms with van der Waals surface area (Å²) >= 11 is 0. The van der Waals surface area contributed by atoms with Gasteiger partial charge in [-0.15, -0.1) is 0 Å². The first-order chi connectivity index (χ1) is 9.82. The van der Waals surface area contributed by atoms with E-state index >= 15 is 0 Å². The van der Waals surface area contributed by atoms with Crippen LogP contribution in [0.3, 0.4) is 0 Å². The fraction of sp³-hybridized carbons (Fsp3) is 0.538. The molecule has 1 fully saturated rings. The van der Waals surface area contributed by atoms with E-state index in [1.165, 1.54) is 12.1 Å². The van der Waals surface area contributed by atoms with E-state index in [9.17, 15) is 18.5 Å². The van der Waals surface area contributed by atoms with E-state index in [1.807, 2.05) is 4.90 Å². The van der Waals surface area contributed by atoms with E-state index in [0.29, 0.717) is 31.2 Å². The number of sulfone groups is 1. The van der Waals surface area contributed by atoms with Crippen LogP contribution in [-0.4, -0.2) is 39.2 Å². The summed E-state index contributed by atoms with van der Waals surface area (Å²) < 4.78 is 23.1. The maximum absolute atomic E-state index is 11.5. The van der Waals surface area contributed by atoms with Crippen molar-refractivity contribution < 1.29 is 13.3 Å². The summed E-state index contributed by atoms with van der Waals surface area (Å²) in [6.45, 7) is 2.02. The second-order valence-electron chi connectivity index (χ2n) is 5.35. The summed E-state index contributed by atoms with van der Waals surface area (Å²) in [6.07, 6.45) is 2.82. The van der Waals surface area contributed by atoms with Gasteiger partial charge in [-0.3, -0.25) is 10.1 Å². The summed E-state index contributed by atoms with van der Waals surface area (Å²) in [5.41, 5.74) is 5.95. The zero-order valence-corrected chi connectivity index (χ0v) is 12.7. The molecule has 0 spiro atoms. The fourth-order valence-corrected chi connectivity index (χ4v) is 3.20. The van der Waals surface area contributed by atoms with Crippen molar-refractivity contribution >= 4 is 21.2 Å². The molecule has 0 unspecified atom stereocenters. The Bertz CT molecular complexity index is 637. The molecule has 0 radical (unpaired) electrons. The molecule has 0 bridgehead atoms. The number of rotatable bonds is 4. The minimum absolute atomic E-state index is 0.0326. The Morgan fingerprint density at radius 3 is 2.48 bits per heavy atom. The van der Waals surface area contributed by atoms with Gasteiger partial charge in [0.15, 0.2) is 9.84 Å². The number of hydrogen-bond donors (Lipinski definition) is 1. The van der Waals surface area contributed by atoms with Crippen LogP contribution in [0.2, 0.25) is 0 Å². The molecule has 0 aromatic heterocycles. The van der Waals surface area contributed by atoms with Crippen molar-refractivity contribution in [2.24, 2.45) is 11.7 Å². The van der Waals surface area contributed by atoms with E-state index in [0.717, 1.165) is 25.2 Å². The van der Waals surface area contributed by atoms with Crippen LogP contribution in [0.25, 0.3) is 0 Å². The summed E-state index contributed by atoms with van der Waals surface area (Å²) in [7, 11) is -3.46. The predicted octanol–water partition coefficient (Wildman–Crippen LogP) is 1.17. The Labute approximate surface area is 123 Å². The Kier molecular flexibility index (Phi) is 4.48. The molecular formula is C13H19N3O4S. The molecule has 21 heavy (non-hydrogen) atoms. The number of nitro groups is 1. The van der Waals surface area contributed by atoms with Gasteiger partial charge in [-0.25, -0.2) is 8.42 Å². The van der Waals surface area contributed by atoms with Crippen molar-refractivity contribution in [2.75, 3.05) is 30.8 Å². The third kappa shape index (κ3) is 3.51. The molecule has 7 nitrogen and oxygen atoms in total. The van der Waals surface area contributed by atoms with Crippen LogP contribution in [0.1, 0.15) is 12.8 Å². The maximum Gasteiger partial charge on any atom is 0.293 e. The first-order valence-electron chi connectivity index (χ1n) is 6.76. The standard InChI is InChI=1S/C13H19N3O4S/c1-21(19,20)11-2-3-12(13(8-11)16(17)18)15-6-4-10(9-14)5-7-15/h2-3,8,10H,4-7,9,14H2,1H3. The molecule has 1 aromatic carbocycles. The minimum Gasteiger partial charge on any atom is -0.366 e. The summed E-state index contributed by atoms with van der Waals surface area (Å²) in [4.78, 5) is 12.6. The second kappa shape index (κ2) is 5.98. The van der Waals surface area contributed by atoms with Gasteiger partial charge in [0.2, 0.25) is 0 Å². The van der Waals surface area contributed by atoms with E-state index in [4.69, 9.17) is 5.73 Å². The molecule has 0 saturated carbocycles. The quantitative estimate of drug-likeness (QED) is 0.660. The second-order valence-corrected chi connectivity index (χ2v) is 7.36. The highest BCUT2D eigenvalue weighted by atomic mass is 32.2. The lowest BCUT2D eigenvalue weighted by Crippen LogP contribution is -2.36. The minimum atomic E-state index is -3.46. The van der Waals surface area contributed by atoms with Gasteiger partial charge in [-0.1, -0.05) is 0 Å². The third-order valence-corrected chi connectivity index (χ3v) is 4.97. The van der Waals surface area contributed by atoms with Gasteiger partial charge in [0.05, 0.1) is 9.82 Å². The lowest BCUT2D eigenvalue weighted by molar-refractivity contribution is -0.384. The van der Waals surface area contributed by atoms with Gasteiger partial charge in [0.25, 0.3) is 5.69 Å². The van der Waals surface area contributed by atoms with Crippen molar-refractivity contribution in [1.29, 1.82) is 0 Å². The van der Waals surface area contributed by atoms with Gasteiger partial charge < -0.3 is 10.6 Å². The molecule has 1 aliphatic rings. The molecule has 8 heteroatoms. The van der Waals surface area contributed by atoms with Crippen molar-refractivity contribution in [1.82, 2.24) is 0 Å². The number of piperidine rings is 1. The first-order valence-corrected chi connectivity index (χ1v) is 8.65. The average molecular weight is 313 g/mol. The van der Waals surface area contributed by atoms with Gasteiger partial charge in [-0.05, 0) is 37.4 Å². The van der Waals surface area contributed by atoms with Gasteiger partial charge >= 0.3 is 0 Å². The molecule has 1 aliphatic heterocycles. The summed E-state index contributed by atoms with van der Waals surface area (Å²) in [5, 5.41) is 11.2. The number of benzene rings is 1. The Morgan fingerprint density at radius 1 is 1.38 bits per heavy atom. The molecule has 0 amide bonds. The molecule has 2 N–H and O–H groups in total. The molecule has 2 rings (SSSR count). The molecule has 116 valence electrons. The zero-order chi connectivity index (χ0) is 15.6. The Hall–Kier alpha value is -1.67. The van der Waals surface area contributed by atoms with Crippen molar-refractivity contribution in [2.45, 2.75) is 17.7 Å². The van der Waals surface area contributed by atoms with Crippen LogP contribution in [0, 0.1) is 16.0 Å². The highest BCUT2D eigenvalue weighted by molar-refractivity contribution is 7.90. The van der Waals surface area contributed by atoms with Crippen molar-refractivity contribution in [3.8, 4) is 0 Å². The molecule has 0 atom stereocenters. The monoisotopic (exact) mass is 313 g/mol. The lowest BCUT2D eigenvalue weighted by Gasteiger charge is -2.32. The Morgan fingerprint density at radius 2 is 2.00 bits per heavy atom. The van der Waals surface area contributed by atoms with Gasteiger partial charge in [0.1, 0.15) is 5.69 Å². The van der Waals surface area contributed by atoms with Gasteiger partial charge in [-0.2, -0.15) is 0 Å². The predicted molar refractivity (Wildman–Crippen MR) is 80.2 cm³/mol. The molecule has 1 aromatic rings. The topological polar surface area (TPSA) is 107 Å². The molecule has 0 aliphatic carbocycles. The number of nitro benzene ring substituents is 1. The number of nitrogens with two attached hydrogens (primary N) is 1. The van der Waals surface area contributed by atoms with Crippen LogP contribution in [0.4, 0.5) is 11.4 Å². The number of nitrogens with zero attached hydrogens (tertiary/aromatic N) is 2. The average Bonchev–Trinajstić information content (AvgIpc) is 2.45. The van der Waals surface area contributed by atoms with Crippen molar-refractivity contribution in [3.05, 3.63) is 28.3 Å². The highest BCUT2D eigenvalue weighted by Crippen LogP contribution is 2.33. The summed E-state index contributed by atoms with van der Waals surface area (Å²) in [6, 6.07) is 4.09. The molecule has 1 heterocycles. The summed E-state index contributed by atoms with van der Waals surface area (Å²) in [5.74, 6) is 0.454. The maximum atomic E-state index is 11.5. The number of anilines is 1. The SMILES string of the molecule is CS(=O)(=O)c1ccc(N2CCC(CN)CC2)c([N+](=O)[O-])c1. The Balaban J connectivity index is 2.34. The van der Waals surface area contributed by atoms with E-state index in [1.54, 1.807) is 0 Å². The molecule has 1 saturated heterocycles. The third-order valence-electron chi connectivity index (χ3n) is 3.86. The van der Waals surface area contributed by atoms with Crippen LogP contribution in [0.15, 0.2) is 23.1 Å². The van der Waals surface area contributed by atoms with Crippen LogP contribution in [0.5, 0.6) is 0 Å². The fourth-order valence-electron chi connectivity index (χ4n) is 2.56. The van der Waals surface area contributed by atoms with Gasteiger partial charge in [0, 0.05) is 25.4 Å². The van der Waals surface area contributed by atoms with E-state index in [2.05, 4.69) is 0 Å². The molecular weight excluding hydrogens is 294 g/mol. The largest absolute Gasteiger partial charge is 0.366 e. The lowest BCUT2D eigenvalue weighted by atomic mass is 9.96. The zero-order valence-electron chi connectivity index (χ0n) is 11.9. The highest BCUT2D eigenvalue weighted by Gasteiger charge is 2.25. The van der Waals surface area contributed by atoms with E-state index < -0.39 is 14.8 Å². The normalized spacial score (nSPS) is 17.0. The first kappa shape index (κ1) is 15.7. The number of hydrogen-bond acceptors (Lipinski definition) is 6. The van der Waals surface area contributed by atoms with Crippen molar-refractivity contribution in [3.63, 3.8) is 0 Å². The van der Waals surface area contributed by atoms with Crippen LogP contribution in [-0.2, 0) is 9.84 Å². The van der Waals surface area contributed by atoms with E-state index in [-0.39, 0.29) is 10.6 Å². The smallest absolute Gasteiger partial charge is 0.293 e. The van der Waals surface area contributed by atoms with Crippen LogP contribution >= 0.6 is 0 Å².